The summed E-state index contributed by atoms with van der Waals surface area (Å²) in [6.07, 6.45) is 2.54. The molecule has 1 fully saturated rings. The van der Waals surface area contributed by atoms with Gasteiger partial charge in [-0.25, -0.2) is 0 Å². The normalized spacial score (nSPS) is 19.3. The maximum absolute atomic E-state index is 11.6. The van der Waals surface area contributed by atoms with E-state index in [1.54, 1.807) is 0 Å². The molecule has 4 nitrogen and oxygen atoms in total. The Balaban J connectivity index is 1.97. The summed E-state index contributed by atoms with van der Waals surface area (Å²) in [5, 5.41) is 12.8. The SMILES string of the molecule is CC(C)CCOc1cccc(C[C@@H](C(=O)O)[C@@H]2CCNC2)c1. The lowest BCUT2D eigenvalue weighted by molar-refractivity contribution is -0.143. The third-order valence-electron chi connectivity index (χ3n) is 4.30. The van der Waals surface area contributed by atoms with Crippen LogP contribution in [0.25, 0.3) is 0 Å². The van der Waals surface area contributed by atoms with Crippen molar-refractivity contribution in [1.82, 2.24) is 5.32 Å². The van der Waals surface area contributed by atoms with E-state index in [0.717, 1.165) is 37.2 Å². The summed E-state index contributed by atoms with van der Waals surface area (Å²) in [5.41, 5.74) is 1.04. The van der Waals surface area contributed by atoms with E-state index in [9.17, 15) is 9.90 Å². The Labute approximate surface area is 132 Å². The smallest absolute Gasteiger partial charge is 0.307 e. The zero-order valence-electron chi connectivity index (χ0n) is 13.5. The van der Waals surface area contributed by atoms with Gasteiger partial charge in [-0.05, 0) is 61.9 Å². The summed E-state index contributed by atoms with van der Waals surface area (Å²) in [6.45, 7) is 6.78. The topological polar surface area (TPSA) is 58.6 Å². The lowest BCUT2D eigenvalue weighted by Crippen LogP contribution is -2.27. The molecule has 2 rings (SSSR count). The minimum absolute atomic E-state index is 0.225. The summed E-state index contributed by atoms with van der Waals surface area (Å²) in [4.78, 5) is 11.6. The summed E-state index contributed by atoms with van der Waals surface area (Å²) in [7, 11) is 0. The molecule has 2 N–H and O–H groups in total. The number of rotatable bonds is 8. The molecule has 0 radical (unpaired) electrons. The molecule has 1 aromatic carbocycles. The zero-order valence-corrected chi connectivity index (χ0v) is 13.5. The van der Waals surface area contributed by atoms with Crippen LogP contribution in [-0.4, -0.2) is 30.8 Å². The molecule has 122 valence electrons. The first-order valence-corrected chi connectivity index (χ1v) is 8.21. The quantitative estimate of drug-likeness (QED) is 0.775. The molecular formula is C18H27NO3. The Morgan fingerprint density at radius 1 is 1.45 bits per heavy atom. The molecule has 22 heavy (non-hydrogen) atoms. The first kappa shape index (κ1) is 16.8. The molecule has 0 unspecified atom stereocenters. The summed E-state index contributed by atoms with van der Waals surface area (Å²) in [5.74, 6) is 0.671. The standard InChI is InChI=1S/C18H27NO3/c1-13(2)7-9-22-16-5-3-4-14(10-16)11-17(18(20)21)15-6-8-19-12-15/h3-5,10,13,15,17,19H,6-9,11-12H2,1-2H3,(H,20,21)/t15-,17-/m1/s1. The average molecular weight is 305 g/mol. The second-order valence-corrected chi connectivity index (χ2v) is 6.58. The fourth-order valence-electron chi connectivity index (χ4n) is 2.90. The van der Waals surface area contributed by atoms with Crippen LogP contribution in [0.1, 0.15) is 32.3 Å². The van der Waals surface area contributed by atoms with Crippen molar-refractivity contribution in [3.05, 3.63) is 29.8 Å². The lowest BCUT2D eigenvalue weighted by atomic mass is 9.86. The highest BCUT2D eigenvalue weighted by molar-refractivity contribution is 5.71. The number of benzene rings is 1. The van der Waals surface area contributed by atoms with Crippen LogP contribution in [0.4, 0.5) is 0 Å². The van der Waals surface area contributed by atoms with Crippen molar-refractivity contribution >= 4 is 5.97 Å². The molecular weight excluding hydrogens is 278 g/mol. The predicted octanol–water partition coefficient (Wildman–Crippen LogP) is 2.96. The highest BCUT2D eigenvalue weighted by Crippen LogP contribution is 2.25. The maximum atomic E-state index is 11.6. The van der Waals surface area contributed by atoms with Crippen LogP contribution < -0.4 is 10.1 Å². The largest absolute Gasteiger partial charge is 0.494 e. The van der Waals surface area contributed by atoms with E-state index in [0.29, 0.717) is 18.9 Å². The summed E-state index contributed by atoms with van der Waals surface area (Å²) in [6, 6.07) is 7.87. The van der Waals surface area contributed by atoms with Gasteiger partial charge in [-0.3, -0.25) is 4.79 Å². The first-order valence-electron chi connectivity index (χ1n) is 8.21. The van der Waals surface area contributed by atoms with Gasteiger partial charge in [0.25, 0.3) is 0 Å². The van der Waals surface area contributed by atoms with Crippen LogP contribution in [0.2, 0.25) is 0 Å². The van der Waals surface area contributed by atoms with E-state index < -0.39 is 5.97 Å². The van der Waals surface area contributed by atoms with E-state index in [2.05, 4.69) is 19.2 Å². The van der Waals surface area contributed by atoms with Crippen LogP contribution in [0, 0.1) is 17.8 Å². The summed E-state index contributed by atoms with van der Waals surface area (Å²) >= 11 is 0. The molecule has 4 heteroatoms. The number of nitrogens with one attached hydrogen (secondary N) is 1. The van der Waals surface area contributed by atoms with Gasteiger partial charge in [0.05, 0.1) is 12.5 Å². The predicted molar refractivity (Wildman–Crippen MR) is 87.2 cm³/mol. The minimum Gasteiger partial charge on any atom is -0.494 e. The fourth-order valence-corrected chi connectivity index (χ4v) is 2.90. The van der Waals surface area contributed by atoms with Crippen LogP contribution in [0.15, 0.2) is 24.3 Å². The van der Waals surface area contributed by atoms with Crippen LogP contribution in [-0.2, 0) is 11.2 Å². The van der Waals surface area contributed by atoms with Crippen LogP contribution >= 0.6 is 0 Å². The molecule has 1 aromatic rings. The second kappa shape index (κ2) is 8.18. The number of hydrogen-bond donors (Lipinski definition) is 2. The number of carbonyl (C=O) groups is 1. The third kappa shape index (κ3) is 5.02. The molecule has 0 aliphatic carbocycles. The van der Waals surface area contributed by atoms with Crippen LogP contribution in [0.5, 0.6) is 5.75 Å². The maximum Gasteiger partial charge on any atom is 0.307 e. The van der Waals surface area contributed by atoms with Gasteiger partial charge in [0.15, 0.2) is 0 Å². The van der Waals surface area contributed by atoms with Crippen molar-refractivity contribution in [3.63, 3.8) is 0 Å². The van der Waals surface area contributed by atoms with E-state index in [1.807, 2.05) is 24.3 Å². The van der Waals surface area contributed by atoms with Crippen molar-refractivity contribution in [2.75, 3.05) is 19.7 Å². The minimum atomic E-state index is -0.695. The molecule has 1 saturated heterocycles. The van der Waals surface area contributed by atoms with Crippen molar-refractivity contribution < 1.29 is 14.6 Å². The Kier molecular flexibility index (Phi) is 6.25. The highest BCUT2D eigenvalue weighted by Gasteiger charge is 2.30. The third-order valence-corrected chi connectivity index (χ3v) is 4.30. The second-order valence-electron chi connectivity index (χ2n) is 6.58. The Morgan fingerprint density at radius 2 is 2.27 bits per heavy atom. The molecule has 1 aliphatic rings. The van der Waals surface area contributed by atoms with Gasteiger partial charge in [0, 0.05) is 0 Å². The van der Waals surface area contributed by atoms with Gasteiger partial charge in [-0.15, -0.1) is 0 Å². The van der Waals surface area contributed by atoms with Gasteiger partial charge < -0.3 is 15.2 Å². The van der Waals surface area contributed by atoms with Crippen molar-refractivity contribution in [3.8, 4) is 5.75 Å². The van der Waals surface area contributed by atoms with Crippen molar-refractivity contribution in [2.45, 2.75) is 33.1 Å². The lowest BCUT2D eigenvalue weighted by Gasteiger charge is -2.19. The zero-order chi connectivity index (χ0) is 15.9. The van der Waals surface area contributed by atoms with Crippen molar-refractivity contribution in [1.29, 1.82) is 0 Å². The van der Waals surface area contributed by atoms with Gasteiger partial charge in [0.1, 0.15) is 5.75 Å². The summed E-state index contributed by atoms with van der Waals surface area (Å²) < 4.78 is 5.77. The van der Waals surface area contributed by atoms with Crippen LogP contribution in [0.3, 0.4) is 0 Å². The van der Waals surface area contributed by atoms with E-state index in [-0.39, 0.29) is 11.8 Å². The monoisotopic (exact) mass is 305 g/mol. The van der Waals surface area contributed by atoms with Crippen molar-refractivity contribution in [2.24, 2.45) is 17.8 Å². The highest BCUT2D eigenvalue weighted by atomic mass is 16.5. The fraction of sp³-hybridized carbons (Fsp3) is 0.611. The molecule has 0 spiro atoms. The number of aliphatic carboxylic acids is 1. The molecule has 0 amide bonds. The Hall–Kier alpha value is -1.55. The van der Waals surface area contributed by atoms with Gasteiger partial charge >= 0.3 is 5.97 Å². The molecule has 0 saturated carbocycles. The van der Waals surface area contributed by atoms with E-state index >= 15 is 0 Å². The molecule has 2 atom stereocenters. The van der Waals surface area contributed by atoms with Gasteiger partial charge in [-0.1, -0.05) is 26.0 Å². The Bertz CT molecular complexity index is 481. The number of hydrogen-bond acceptors (Lipinski definition) is 3. The first-order chi connectivity index (χ1) is 10.6. The molecule has 1 heterocycles. The number of carboxylic acid groups (broad SMARTS) is 1. The average Bonchev–Trinajstić information content (AvgIpc) is 2.98. The van der Waals surface area contributed by atoms with E-state index in [4.69, 9.17) is 4.74 Å². The number of ether oxygens (including phenoxy) is 1. The van der Waals surface area contributed by atoms with Gasteiger partial charge in [-0.2, -0.15) is 0 Å². The van der Waals surface area contributed by atoms with Gasteiger partial charge in [0.2, 0.25) is 0 Å². The number of carboxylic acids is 1. The molecule has 1 aliphatic heterocycles. The molecule has 0 bridgehead atoms. The molecule has 0 aromatic heterocycles. The van der Waals surface area contributed by atoms with E-state index in [1.165, 1.54) is 0 Å². The Morgan fingerprint density at radius 3 is 2.91 bits per heavy atom.